The van der Waals surface area contributed by atoms with Gasteiger partial charge >= 0.3 is 0 Å². The number of rotatable bonds is 10. The molecule has 0 spiro atoms. The molecule has 0 bridgehead atoms. The molecule has 0 aromatic heterocycles. The highest BCUT2D eigenvalue weighted by Crippen LogP contribution is 2.27. The molecule has 0 saturated carbocycles. The summed E-state index contributed by atoms with van der Waals surface area (Å²) in [5.41, 5.74) is 1.89. The van der Waals surface area contributed by atoms with E-state index in [0.29, 0.717) is 37.5 Å². The molecule has 39 heavy (non-hydrogen) atoms. The van der Waals surface area contributed by atoms with E-state index < -0.39 is 23.7 Å². The minimum absolute atomic E-state index is 0.0275. The van der Waals surface area contributed by atoms with Crippen LogP contribution in [0.15, 0.2) is 97.1 Å². The lowest BCUT2D eigenvalue weighted by atomic mass is 10.0. The zero-order chi connectivity index (χ0) is 27.8. The van der Waals surface area contributed by atoms with Crippen LogP contribution in [-0.2, 0) is 22.7 Å². The number of nitrogens with one attached hydrogen (secondary N) is 1. The maximum absolute atomic E-state index is 13.7. The lowest BCUT2D eigenvalue weighted by molar-refractivity contribution is -0.143. The Morgan fingerprint density at radius 3 is 2.23 bits per heavy atom. The van der Waals surface area contributed by atoms with E-state index in [0.717, 1.165) is 0 Å². The van der Waals surface area contributed by atoms with E-state index in [4.69, 9.17) is 39.5 Å². The summed E-state index contributed by atoms with van der Waals surface area (Å²) < 4.78 is 19.3. The molecule has 0 heterocycles. The van der Waals surface area contributed by atoms with Crippen LogP contribution in [-0.4, -0.2) is 23.3 Å². The van der Waals surface area contributed by atoms with Gasteiger partial charge in [0.1, 0.15) is 17.6 Å². The van der Waals surface area contributed by atoms with Gasteiger partial charge in [-0.1, -0.05) is 95.5 Å². The Morgan fingerprint density at radius 2 is 1.54 bits per heavy atom. The fourth-order valence-electron chi connectivity index (χ4n) is 3.95. The van der Waals surface area contributed by atoms with Crippen molar-refractivity contribution in [1.29, 1.82) is 0 Å². The van der Waals surface area contributed by atoms with Crippen LogP contribution in [0.5, 0.6) is 5.75 Å². The van der Waals surface area contributed by atoms with Crippen LogP contribution in [0.1, 0.15) is 22.7 Å². The summed E-state index contributed by atoms with van der Waals surface area (Å²) in [6, 6.07) is 25.4. The highest BCUT2D eigenvalue weighted by atomic mass is 35.5. The Labute approximate surface area is 241 Å². The third kappa shape index (κ3) is 7.73. The minimum atomic E-state index is -1.02. The first-order valence-corrected chi connectivity index (χ1v) is 13.1. The van der Waals surface area contributed by atoms with Crippen LogP contribution in [0.4, 0.5) is 4.39 Å². The van der Waals surface area contributed by atoms with E-state index in [9.17, 15) is 14.0 Å². The van der Waals surface area contributed by atoms with E-state index in [1.165, 1.54) is 17.0 Å². The van der Waals surface area contributed by atoms with Crippen molar-refractivity contribution in [2.75, 3.05) is 6.61 Å². The molecular formula is C30H24Cl3FN2O3. The van der Waals surface area contributed by atoms with Gasteiger partial charge in [-0.3, -0.25) is 9.59 Å². The van der Waals surface area contributed by atoms with E-state index in [1.54, 1.807) is 78.9 Å². The highest BCUT2D eigenvalue weighted by Gasteiger charge is 2.32. The summed E-state index contributed by atoms with van der Waals surface area (Å²) in [7, 11) is 0. The zero-order valence-electron chi connectivity index (χ0n) is 20.6. The first-order chi connectivity index (χ1) is 18.8. The van der Waals surface area contributed by atoms with Crippen LogP contribution in [0, 0.1) is 5.82 Å². The van der Waals surface area contributed by atoms with Crippen molar-refractivity contribution < 1.29 is 18.7 Å². The van der Waals surface area contributed by atoms with Crippen molar-refractivity contribution in [1.82, 2.24) is 10.2 Å². The second-order valence-electron chi connectivity index (χ2n) is 8.63. The zero-order valence-corrected chi connectivity index (χ0v) is 22.9. The fraction of sp³-hybridized carbons (Fsp3) is 0.133. The smallest absolute Gasteiger partial charge is 0.261 e. The molecule has 2 amide bonds. The number of amides is 2. The molecule has 4 aromatic rings. The summed E-state index contributed by atoms with van der Waals surface area (Å²) in [6.45, 7) is -0.225. The van der Waals surface area contributed by atoms with Crippen LogP contribution in [0.25, 0.3) is 0 Å². The number of para-hydroxylation sites is 1. The van der Waals surface area contributed by atoms with Gasteiger partial charge in [-0.15, -0.1) is 0 Å². The number of carbonyl (C=O) groups is 2. The van der Waals surface area contributed by atoms with Crippen LogP contribution in [0.2, 0.25) is 15.1 Å². The third-order valence-corrected chi connectivity index (χ3v) is 6.82. The molecule has 0 radical (unpaired) electrons. The summed E-state index contributed by atoms with van der Waals surface area (Å²) in [4.78, 5) is 28.8. The summed E-state index contributed by atoms with van der Waals surface area (Å²) in [6.07, 6.45) is 0. The van der Waals surface area contributed by atoms with E-state index in [-0.39, 0.29) is 19.7 Å². The molecule has 0 saturated heterocycles. The Morgan fingerprint density at radius 1 is 0.846 bits per heavy atom. The molecule has 0 aliphatic rings. The van der Waals surface area contributed by atoms with E-state index in [1.807, 2.05) is 6.07 Å². The number of benzene rings is 4. The second-order valence-corrected chi connectivity index (χ2v) is 9.88. The summed E-state index contributed by atoms with van der Waals surface area (Å²) >= 11 is 18.5. The van der Waals surface area contributed by atoms with Crippen molar-refractivity contribution in [3.05, 3.63) is 135 Å². The molecule has 0 aliphatic carbocycles. The number of halogens is 4. The van der Waals surface area contributed by atoms with Gasteiger partial charge in [-0.25, -0.2) is 4.39 Å². The van der Waals surface area contributed by atoms with E-state index >= 15 is 0 Å². The number of carbonyl (C=O) groups excluding carboxylic acids is 2. The predicted molar refractivity (Wildman–Crippen MR) is 151 cm³/mol. The first-order valence-electron chi connectivity index (χ1n) is 12.0. The number of hydrogen-bond donors (Lipinski definition) is 1. The molecule has 0 fully saturated rings. The number of hydrogen-bond acceptors (Lipinski definition) is 3. The Balaban J connectivity index is 1.64. The van der Waals surface area contributed by atoms with Gasteiger partial charge < -0.3 is 15.0 Å². The van der Waals surface area contributed by atoms with Gasteiger partial charge in [0, 0.05) is 23.1 Å². The Bertz CT molecular complexity index is 1440. The van der Waals surface area contributed by atoms with Crippen molar-refractivity contribution in [3.63, 3.8) is 0 Å². The molecular weight excluding hydrogens is 562 g/mol. The topological polar surface area (TPSA) is 58.6 Å². The van der Waals surface area contributed by atoms with Crippen molar-refractivity contribution in [3.8, 4) is 5.75 Å². The van der Waals surface area contributed by atoms with Gasteiger partial charge in [0.05, 0.1) is 5.02 Å². The molecule has 1 N–H and O–H groups in total. The van der Waals surface area contributed by atoms with Gasteiger partial charge in [-0.05, 0) is 53.1 Å². The van der Waals surface area contributed by atoms with Gasteiger partial charge in [0.2, 0.25) is 5.91 Å². The summed E-state index contributed by atoms with van der Waals surface area (Å²) in [5.74, 6) is -0.962. The van der Waals surface area contributed by atoms with Crippen molar-refractivity contribution in [2.45, 2.75) is 19.1 Å². The average molecular weight is 586 g/mol. The first kappa shape index (κ1) is 28.4. The molecule has 4 rings (SSSR count). The molecule has 0 unspecified atom stereocenters. The molecule has 0 aliphatic heterocycles. The van der Waals surface area contributed by atoms with Gasteiger partial charge in [0.25, 0.3) is 5.91 Å². The lowest BCUT2D eigenvalue weighted by Crippen LogP contribution is -2.45. The maximum Gasteiger partial charge on any atom is 0.261 e. The van der Waals surface area contributed by atoms with Crippen molar-refractivity contribution in [2.24, 2.45) is 0 Å². The van der Waals surface area contributed by atoms with Crippen LogP contribution < -0.4 is 10.1 Å². The number of ether oxygens (including phenoxy) is 1. The van der Waals surface area contributed by atoms with Crippen LogP contribution >= 0.6 is 34.8 Å². The third-order valence-electron chi connectivity index (χ3n) is 5.92. The molecule has 4 aromatic carbocycles. The second kappa shape index (κ2) is 13.5. The lowest BCUT2D eigenvalue weighted by Gasteiger charge is -2.31. The van der Waals surface area contributed by atoms with Crippen molar-refractivity contribution >= 4 is 46.6 Å². The van der Waals surface area contributed by atoms with Gasteiger partial charge in [-0.2, -0.15) is 0 Å². The van der Waals surface area contributed by atoms with E-state index in [2.05, 4.69) is 5.32 Å². The minimum Gasteiger partial charge on any atom is -0.482 e. The quantitative estimate of drug-likeness (QED) is 0.213. The largest absolute Gasteiger partial charge is 0.482 e. The molecule has 5 nitrogen and oxygen atoms in total. The fourth-order valence-corrected chi connectivity index (χ4v) is 4.61. The maximum atomic E-state index is 13.7. The average Bonchev–Trinajstić information content (AvgIpc) is 2.93. The monoisotopic (exact) mass is 584 g/mol. The van der Waals surface area contributed by atoms with Crippen LogP contribution in [0.3, 0.4) is 0 Å². The molecule has 200 valence electrons. The van der Waals surface area contributed by atoms with Gasteiger partial charge in [0.15, 0.2) is 6.61 Å². The SMILES string of the molecule is O=C(NCc1ccc(Cl)cc1Cl)[C@H](c1ccccc1)N(Cc1ccc(F)cc1)C(=O)COc1ccccc1Cl. The number of nitrogens with zero attached hydrogens (tertiary/aromatic N) is 1. The Hall–Kier alpha value is -3.58. The highest BCUT2D eigenvalue weighted by molar-refractivity contribution is 6.35. The molecule has 1 atom stereocenters. The molecule has 9 heteroatoms. The predicted octanol–water partition coefficient (Wildman–Crippen LogP) is 7.25. The standard InChI is InChI=1S/C30H24Cl3FN2O3/c31-23-13-12-22(26(33)16-23)17-35-30(38)29(21-6-2-1-3-7-21)36(18-20-10-14-24(34)15-11-20)28(37)19-39-27-9-5-4-8-25(27)32/h1-16,29H,17-19H2,(H,35,38)/t29-/m0/s1. The normalized spacial score (nSPS) is 11.5. The summed E-state index contributed by atoms with van der Waals surface area (Å²) in [5, 5.41) is 4.13. The Kier molecular flexibility index (Phi) is 9.82.